The molecule has 2 aromatic heterocycles. The Kier molecular flexibility index (Phi) is 5.29. The summed E-state index contributed by atoms with van der Waals surface area (Å²) in [7, 11) is 1.68. The molecule has 0 saturated carbocycles. The van der Waals surface area contributed by atoms with Crippen molar-refractivity contribution in [2.75, 3.05) is 18.6 Å². The van der Waals surface area contributed by atoms with Crippen molar-refractivity contribution in [3.63, 3.8) is 0 Å². The quantitative estimate of drug-likeness (QED) is 0.614. The summed E-state index contributed by atoms with van der Waals surface area (Å²) < 4.78 is 11.7. The van der Waals surface area contributed by atoms with Gasteiger partial charge in [-0.1, -0.05) is 18.2 Å². The minimum Gasteiger partial charge on any atom is -0.495 e. The first-order valence-electron chi connectivity index (χ1n) is 9.51. The molecule has 0 amide bonds. The second kappa shape index (κ2) is 8.19. The molecular formula is C24H23N3O2. The minimum atomic E-state index is 0.684. The van der Waals surface area contributed by atoms with Gasteiger partial charge in [-0.05, 0) is 61.9 Å². The van der Waals surface area contributed by atoms with Gasteiger partial charge in [0.25, 0.3) is 0 Å². The van der Waals surface area contributed by atoms with E-state index in [0.29, 0.717) is 12.3 Å². The molecule has 4 rings (SSSR count). The van der Waals surface area contributed by atoms with Crippen LogP contribution in [0.2, 0.25) is 0 Å². The van der Waals surface area contributed by atoms with E-state index in [1.807, 2.05) is 80.7 Å². The molecule has 146 valence electrons. The predicted octanol–water partition coefficient (Wildman–Crippen LogP) is 5.07. The molecule has 0 aliphatic carbocycles. The fourth-order valence-corrected chi connectivity index (χ4v) is 3.17. The third-order valence-corrected chi connectivity index (χ3v) is 4.87. The molecule has 3 aromatic rings. The summed E-state index contributed by atoms with van der Waals surface area (Å²) in [5, 5.41) is 0. The van der Waals surface area contributed by atoms with Crippen molar-refractivity contribution < 1.29 is 9.47 Å². The topological polar surface area (TPSA) is 47.5 Å². The first-order chi connectivity index (χ1) is 14.2. The van der Waals surface area contributed by atoms with Crippen LogP contribution in [-0.2, 0) is 0 Å². The molecule has 5 heteroatoms. The van der Waals surface area contributed by atoms with Crippen molar-refractivity contribution in [2.24, 2.45) is 0 Å². The summed E-state index contributed by atoms with van der Waals surface area (Å²) in [6.07, 6.45) is 7.76. The Morgan fingerprint density at radius 3 is 2.55 bits per heavy atom. The molecule has 29 heavy (non-hydrogen) atoms. The number of nitrogens with zero attached hydrogens (tertiary/aromatic N) is 3. The number of pyridine rings is 2. The molecule has 0 atom stereocenters. The molecule has 5 nitrogen and oxygen atoms in total. The Morgan fingerprint density at radius 1 is 1.00 bits per heavy atom. The number of benzene rings is 1. The smallest absolute Gasteiger partial charge is 0.155 e. The molecule has 1 aliphatic heterocycles. The summed E-state index contributed by atoms with van der Waals surface area (Å²) in [5.41, 5.74) is 4.60. The minimum absolute atomic E-state index is 0.684. The average Bonchev–Trinajstić information content (AvgIpc) is 2.77. The normalized spacial score (nSPS) is 13.2. The van der Waals surface area contributed by atoms with Gasteiger partial charge in [0.05, 0.1) is 18.5 Å². The predicted molar refractivity (Wildman–Crippen MR) is 115 cm³/mol. The van der Waals surface area contributed by atoms with Crippen LogP contribution in [0.15, 0.2) is 78.8 Å². The Hall–Kier alpha value is -3.60. The van der Waals surface area contributed by atoms with E-state index in [1.54, 1.807) is 13.3 Å². The summed E-state index contributed by atoms with van der Waals surface area (Å²) in [6.45, 7) is 4.71. The maximum atomic E-state index is 6.23. The van der Waals surface area contributed by atoms with Crippen molar-refractivity contribution in [3.8, 4) is 22.9 Å². The summed E-state index contributed by atoms with van der Waals surface area (Å²) in [4.78, 5) is 11.3. The highest BCUT2D eigenvalue weighted by Crippen LogP contribution is 2.32. The first kappa shape index (κ1) is 18.7. The zero-order valence-corrected chi connectivity index (χ0v) is 16.8. The van der Waals surface area contributed by atoms with Gasteiger partial charge in [-0.2, -0.15) is 0 Å². The SMILES string of the molecule is COc1ccccc1N1C=CC(Oc2cc(C)c(C)nc2-c2ccccn2)=CC1. The zero-order valence-electron chi connectivity index (χ0n) is 16.8. The van der Waals surface area contributed by atoms with Gasteiger partial charge < -0.3 is 14.4 Å². The van der Waals surface area contributed by atoms with E-state index in [0.717, 1.165) is 39.8 Å². The van der Waals surface area contributed by atoms with Crippen molar-refractivity contribution in [1.29, 1.82) is 0 Å². The fourth-order valence-electron chi connectivity index (χ4n) is 3.17. The number of anilines is 1. The number of ether oxygens (including phenoxy) is 2. The number of hydrogen-bond donors (Lipinski definition) is 0. The number of aromatic nitrogens is 2. The van der Waals surface area contributed by atoms with Gasteiger partial charge in [0.1, 0.15) is 17.2 Å². The lowest BCUT2D eigenvalue weighted by Gasteiger charge is -2.24. The van der Waals surface area contributed by atoms with E-state index in [2.05, 4.69) is 9.88 Å². The highest BCUT2D eigenvalue weighted by Gasteiger charge is 2.16. The van der Waals surface area contributed by atoms with Crippen LogP contribution in [0.4, 0.5) is 5.69 Å². The van der Waals surface area contributed by atoms with Crippen LogP contribution < -0.4 is 14.4 Å². The molecule has 1 aromatic carbocycles. The molecule has 1 aliphatic rings. The number of hydrogen-bond acceptors (Lipinski definition) is 5. The summed E-state index contributed by atoms with van der Waals surface area (Å²) >= 11 is 0. The number of para-hydroxylation sites is 2. The van der Waals surface area contributed by atoms with E-state index in [4.69, 9.17) is 14.5 Å². The Bertz CT molecular complexity index is 1070. The highest BCUT2D eigenvalue weighted by atomic mass is 16.5. The molecule has 0 N–H and O–H groups in total. The van der Waals surface area contributed by atoms with Crippen LogP contribution >= 0.6 is 0 Å². The lowest BCUT2D eigenvalue weighted by Crippen LogP contribution is -2.20. The van der Waals surface area contributed by atoms with E-state index in [-0.39, 0.29) is 0 Å². The van der Waals surface area contributed by atoms with Crippen LogP contribution in [0.25, 0.3) is 11.4 Å². The molecule has 0 radical (unpaired) electrons. The van der Waals surface area contributed by atoms with Crippen LogP contribution in [-0.4, -0.2) is 23.6 Å². The fraction of sp³-hybridized carbons (Fsp3) is 0.167. The van der Waals surface area contributed by atoms with Gasteiger partial charge in [-0.3, -0.25) is 4.98 Å². The molecule has 0 unspecified atom stereocenters. The second-order valence-corrected chi connectivity index (χ2v) is 6.80. The highest BCUT2D eigenvalue weighted by molar-refractivity contribution is 5.65. The summed E-state index contributed by atoms with van der Waals surface area (Å²) in [5.74, 6) is 2.32. The maximum Gasteiger partial charge on any atom is 0.155 e. The van der Waals surface area contributed by atoms with Crippen LogP contribution in [0.3, 0.4) is 0 Å². The van der Waals surface area contributed by atoms with Crippen molar-refractivity contribution >= 4 is 5.69 Å². The molecule has 0 fully saturated rings. The average molecular weight is 385 g/mol. The molecule has 0 bridgehead atoms. The number of aryl methyl sites for hydroxylation is 2. The van der Waals surface area contributed by atoms with E-state index >= 15 is 0 Å². The van der Waals surface area contributed by atoms with Crippen molar-refractivity contribution in [2.45, 2.75) is 13.8 Å². The van der Waals surface area contributed by atoms with Crippen molar-refractivity contribution in [1.82, 2.24) is 9.97 Å². The standard InChI is InChI=1S/C24H23N3O2/c1-17-16-23(24(26-18(17)2)20-8-6-7-13-25-20)29-19-11-14-27(15-12-19)21-9-4-5-10-22(21)28-3/h4-14,16H,15H2,1-3H3. The Morgan fingerprint density at radius 2 is 1.83 bits per heavy atom. The van der Waals surface area contributed by atoms with Crippen molar-refractivity contribution in [3.05, 3.63) is 90.1 Å². The maximum absolute atomic E-state index is 6.23. The molecule has 0 saturated heterocycles. The third kappa shape index (κ3) is 3.99. The second-order valence-electron chi connectivity index (χ2n) is 6.80. The number of methoxy groups -OCH3 is 1. The lowest BCUT2D eigenvalue weighted by molar-refractivity contribution is 0.415. The van der Waals surface area contributed by atoms with E-state index in [1.165, 1.54) is 0 Å². The van der Waals surface area contributed by atoms with Gasteiger partial charge in [0, 0.05) is 24.6 Å². The molecule has 0 spiro atoms. The largest absolute Gasteiger partial charge is 0.495 e. The first-order valence-corrected chi connectivity index (χ1v) is 9.51. The molecule has 3 heterocycles. The zero-order chi connectivity index (χ0) is 20.2. The van der Waals surface area contributed by atoms with Gasteiger partial charge in [0.2, 0.25) is 0 Å². The van der Waals surface area contributed by atoms with Gasteiger partial charge in [-0.15, -0.1) is 0 Å². The van der Waals surface area contributed by atoms with Crippen LogP contribution in [0.1, 0.15) is 11.3 Å². The van der Waals surface area contributed by atoms with Gasteiger partial charge in [-0.25, -0.2) is 4.98 Å². The van der Waals surface area contributed by atoms with Crippen LogP contribution in [0, 0.1) is 13.8 Å². The number of rotatable bonds is 5. The van der Waals surface area contributed by atoms with E-state index < -0.39 is 0 Å². The summed E-state index contributed by atoms with van der Waals surface area (Å²) in [6, 6.07) is 15.8. The Balaban J connectivity index is 1.59. The monoisotopic (exact) mass is 385 g/mol. The molecular weight excluding hydrogens is 362 g/mol. The van der Waals surface area contributed by atoms with Gasteiger partial charge >= 0.3 is 0 Å². The van der Waals surface area contributed by atoms with Gasteiger partial charge in [0.15, 0.2) is 5.75 Å². The van der Waals surface area contributed by atoms with E-state index in [9.17, 15) is 0 Å². The third-order valence-electron chi connectivity index (χ3n) is 4.87. The number of allylic oxidation sites excluding steroid dienone is 1. The Labute approximate surface area is 171 Å². The lowest BCUT2D eigenvalue weighted by atomic mass is 10.1. The van der Waals surface area contributed by atoms with Crippen LogP contribution in [0.5, 0.6) is 11.5 Å².